The molecule has 6 heteroatoms. The third-order valence-electron chi connectivity index (χ3n) is 2.06. The quantitative estimate of drug-likeness (QED) is 0.892. The molecule has 3 nitrogen and oxygen atoms in total. The molecule has 0 saturated carbocycles. The summed E-state index contributed by atoms with van der Waals surface area (Å²) < 4.78 is 45.6. The van der Waals surface area contributed by atoms with Crippen LogP contribution >= 0.6 is 0 Å². The second-order valence-electron chi connectivity index (χ2n) is 3.48. The number of hydrogen-bond donors (Lipinski definition) is 1. The standard InChI is InChI=1S/C11H13F3O3/c1-7(15)9-4-3-8(16-2)5-10(9)17-6-11(12,13)14/h3-5,7,15H,6H2,1-2H3/t7-/m0/s1. The fraction of sp³-hybridized carbons (Fsp3) is 0.455. The Morgan fingerprint density at radius 1 is 1.35 bits per heavy atom. The Labute approximate surface area is 96.8 Å². The monoisotopic (exact) mass is 250 g/mol. The van der Waals surface area contributed by atoms with Crippen molar-refractivity contribution in [2.24, 2.45) is 0 Å². The lowest BCUT2D eigenvalue weighted by atomic mass is 10.1. The first-order chi connectivity index (χ1) is 7.83. The fourth-order valence-electron chi connectivity index (χ4n) is 1.27. The minimum Gasteiger partial charge on any atom is -0.497 e. The molecule has 0 heterocycles. The van der Waals surface area contributed by atoms with E-state index in [4.69, 9.17) is 4.74 Å². The molecule has 0 aromatic heterocycles. The summed E-state index contributed by atoms with van der Waals surface area (Å²) >= 11 is 0. The number of methoxy groups -OCH3 is 1. The summed E-state index contributed by atoms with van der Waals surface area (Å²) in [7, 11) is 1.39. The summed E-state index contributed by atoms with van der Waals surface area (Å²) in [4.78, 5) is 0. The van der Waals surface area contributed by atoms with Crippen LogP contribution in [0.4, 0.5) is 13.2 Å². The molecule has 0 fully saturated rings. The van der Waals surface area contributed by atoms with Crippen LogP contribution in [0.3, 0.4) is 0 Å². The van der Waals surface area contributed by atoms with Crippen molar-refractivity contribution in [3.63, 3.8) is 0 Å². The van der Waals surface area contributed by atoms with Crippen molar-refractivity contribution >= 4 is 0 Å². The lowest BCUT2D eigenvalue weighted by Crippen LogP contribution is -2.20. The van der Waals surface area contributed by atoms with Crippen LogP contribution in [-0.4, -0.2) is 25.0 Å². The number of aliphatic hydroxyl groups is 1. The Morgan fingerprint density at radius 2 is 2.00 bits per heavy atom. The van der Waals surface area contributed by atoms with Gasteiger partial charge in [0.05, 0.1) is 13.2 Å². The summed E-state index contributed by atoms with van der Waals surface area (Å²) in [5.74, 6) is 0.336. The van der Waals surface area contributed by atoms with Gasteiger partial charge in [-0.1, -0.05) is 0 Å². The van der Waals surface area contributed by atoms with Gasteiger partial charge in [-0.3, -0.25) is 0 Å². The van der Waals surface area contributed by atoms with Crippen molar-refractivity contribution < 1.29 is 27.8 Å². The van der Waals surface area contributed by atoms with Crippen LogP contribution in [0.25, 0.3) is 0 Å². The van der Waals surface area contributed by atoms with Crippen molar-refractivity contribution in [1.82, 2.24) is 0 Å². The van der Waals surface area contributed by atoms with Crippen molar-refractivity contribution in [3.05, 3.63) is 23.8 Å². The highest BCUT2D eigenvalue weighted by Crippen LogP contribution is 2.30. The van der Waals surface area contributed by atoms with Crippen LogP contribution in [0.15, 0.2) is 18.2 Å². The van der Waals surface area contributed by atoms with E-state index < -0.39 is 18.9 Å². The summed E-state index contributed by atoms with van der Waals surface area (Å²) in [6, 6.07) is 4.32. The van der Waals surface area contributed by atoms with Gasteiger partial charge in [0.25, 0.3) is 0 Å². The topological polar surface area (TPSA) is 38.7 Å². The van der Waals surface area contributed by atoms with E-state index in [0.717, 1.165) is 0 Å². The molecule has 0 saturated heterocycles. The molecule has 0 radical (unpaired) electrons. The maximum atomic E-state index is 12.0. The highest BCUT2D eigenvalue weighted by molar-refractivity contribution is 5.41. The van der Waals surface area contributed by atoms with Gasteiger partial charge in [-0.05, 0) is 19.1 Å². The van der Waals surface area contributed by atoms with E-state index in [1.54, 1.807) is 6.07 Å². The zero-order valence-corrected chi connectivity index (χ0v) is 9.41. The van der Waals surface area contributed by atoms with E-state index in [-0.39, 0.29) is 11.3 Å². The van der Waals surface area contributed by atoms with Crippen LogP contribution in [0, 0.1) is 0 Å². The van der Waals surface area contributed by atoms with E-state index in [9.17, 15) is 18.3 Å². The fourth-order valence-corrected chi connectivity index (χ4v) is 1.27. The Morgan fingerprint density at radius 3 is 2.47 bits per heavy atom. The molecule has 0 aliphatic carbocycles. The second-order valence-corrected chi connectivity index (χ2v) is 3.48. The summed E-state index contributed by atoms with van der Waals surface area (Å²) in [5, 5.41) is 9.40. The molecule has 0 spiro atoms. The van der Waals surface area contributed by atoms with Gasteiger partial charge in [0, 0.05) is 11.6 Å². The second kappa shape index (κ2) is 5.27. The molecule has 0 aliphatic rings. The lowest BCUT2D eigenvalue weighted by molar-refractivity contribution is -0.153. The van der Waals surface area contributed by atoms with Gasteiger partial charge in [-0.25, -0.2) is 0 Å². The van der Waals surface area contributed by atoms with Crippen LogP contribution in [0.1, 0.15) is 18.6 Å². The normalized spacial score (nSPS) is 13.3. The van der Waals surface area contributed by atoms with Crippen LogP contribution in [-0.2, 0) is 0 Å². The number of rotatable bonds is 4. The Kier molecular flexibility index (Phi) is 4.22. The van der Waals surface area contributed by atoms with Gasteiger partial charge in [0.15, 0.2) is 6.61 Å². The highest BCUT2D eigenvalue weighted by Gasteiger charge is 2.29. The first kappa shape index (κ1) is 13.6. The van der Waals surface area contributed by atoms with Crippen LogP contribution < -0.4 is 9.47 Å². The van der Waals surface area contributed by atoms with Gasteiger partial charge in [0.1, 0.15) is 11.5 Å². The minimum absolute atomic E-state index is 0.0309. The highest BCUT2D eigenvalue weighted by atomic mass is 19.4. The molecule has 1 atom stereocenters. The largest absolute Gasteiger partial charge is 0.497 e. The van der Waals surface area contributed by atoms with E-state index in [2.05, 4.69) is 4.74 Å². The molecule has 0 amide bonds. The first-order valence-electron chi connectivity index (χ1n) is 4.89. The maximum absolute atomic E-state index is 12.0. The van der Waals surface area contributed by atoms with E-state index in [1.165, 1.54) is 26.2 Å². The average molecular weight is 250 g/mol. The SMILES string of the molecule is COc1ccc([C@H](C)O)c(OCC(F)(F)F)c1. The van der Waals surface area contributed by atoms with Crippen molar-refractivity contribution in [2.45, 2.75) is 19.2 Å². The van der Waals surface area contributed by atoms with Gasteiger partial charge in [-0.15, -0.1) is 0 Å². The Bertz CT molecular complexity index is 375. The third kappa shape index (κ3) is 4.14. The molecule has 0 unspecified atom stereocenters. The smallest absolute Gasteiger partial charge is 0.422 e. The zero-order valence-electron chi connectivity index (χ0n) is 9.41. The van der Waals surface area contributed by atoms with Gasteiger partial charge >= 0.3 is 6.18 Å². The Hall–Kier alpha value is -1.43. The van der Waals surface area contributed by atoms with Crippen LogP contribution in [0.2, 0.25) is 0 Å². The van der Waals surface area contributed by atoms with E-state index >= 15 is 0 Å². The molecule has 1 aromatic rings. The minimum atomic E-state index is -4.42. The first-order valence-corrected chi connectivity index (χ1v) is 4.89. The maximum Gasteiger partial charge on any atom is 0.422 e. The van der Waals surface area contributed by atoms with Gasteiger partial charge < -0.3 is 14.6 Å². The molecule has 0 bridgehead atoms. The predicted molar refractivity (Wildman–Crippen MR) is 55.2 cm³/mol. The number of hydrogen-bond acceptors (Lipinski definition) is 3. The average Bonchev–Trinajstić information content (AvgIpc) is 2.24. The number of benzene rings is 1. The van der Waals surface area contributed by atoms with Crippen molar-refractivity contribution in [2.75, 3.05) is 13.7 Å². The Balaban J connectivity index is 2.93. The lowest BCUT2D eigenvalue weighted by Gasteiger charge is -2.15. The van der Waals surface area contributed by atoms with Crippen molar-refractivity contribution in [1.29, 1.82) is 0 Å². The number of alkyl halides is 3. The molecule has 96 valence electrons. The van der Waals surface area contributed by atoms with Crippen LogP contribution in [0.5, 0.6) is 11.5 Å². The summed E-state index contributed by atoms with van der Waals surface area (Å²) in [5.41, 5.74) is 0.287. The molecular formula is C11H13F3O3. The summed E-state index contributed by atoms with van der Waals surface area (Å²) in [6.45, 7) is 0.0438. The zero-order chi connectivity index (χ0) is 13.1. The molecule has 1 N–H and O–H groups in total. The van der Waals surface area contributed by atoms with Gasteiger partial charge in [0.2, 0.25) is 0 Å². The predicted octanol–water partition coefficient (Wildman–Crippen LogP) is 2.69. The van der Waals surface area contributed by atoms with Crippen molar-refractivity contribution in [3.8, 4) is 11.5 Å². The third-order valence-corrected chi connectivity index (χ3v) is 2.06. The molecule has 0 aliphatic heterocycles. The number of ether oxygens (including phenoxy) is 2. The van der Waals surface area contributed by atoms with Gasteiger partial charge in [-0.2, -0.15) is 13.2 Å². The van der Waals surface area contributed by atoms with E-state index in [0.29, 0.717) is 5.75 Å². The number of aliphatic hydroxyl groups excluding tert-OH is 1. The summed E-state index contributed by atoms with van der Waals surface area (Å²) in [6.07, 6.45) is -5.33. The number of halogens is 3. The van der Waals surface area contributed by atoms with E-state index in [1.807, 2.05) is 0 Å². The molecular weight excluding hydrogens is 237 g/mol. The molecule has 1 rings (SSSR count). The molecule has 1 aromatic carbocycles. The molecule has 17 heavy (non-hydrogen) atoms.